The second kappa shape index (κ2) is 13.4. The Morgan fingerprint density at radius 1 is 0.941 bits per heavy atom. The summed E-state index contributed by atoms with van der Waals surface area (Å²) in [6.45, 7) is 5.22. The Morgan fingerprint density at radius 2 is 1.59 bits per heavy atom. The van der Waals surface area contributed by atoms with Crippen molar-refractivity contribution in [2.45, 2.75) is 13.3 Å². The first kappa shape index (κ1) is 34.7. The molecule has 0 N–H and O–H groups in total. The van der Waals surface area contributed by atoms with Gasteiger partial charge < -0.3 is 27.3 Å². The summed E-state index contributed by atoms with van der Waals surface area (Å²) < 4.78 is 69.1. The molecule has 0 aliphatic carbocycles. The second-order valence-corrected chi connectivity index (χ2v) is 12.7. The Balaban J connectivity index is 0.00000406. The zero-order valence-electron chi connectivity index (χ0n) is 27.4. The van der Waals surface area contributed by atoms with Crippen LogP contribution in [0.2, 0.25) is 0 Å². The minimum Gasteiger partial charge on any atom is -0.742 e. The van der Waals surface area contributed by atoms with E-state index in [1.807, 2.05) is 54.6 Å². The SMILES string of the molecule is C=C=C=C(N1C(=CC(=Cc2oc3cc4c(cc3[n+]2[CH2-])oc2ccccc24)CC(=O)OCC)Oc2cc3c(cc21)oc1ccccc13)S(=O)(=O)[O-].[K+]. The van der Waals surface area contributed by atoms with Crippen LogP contribution in [0.1, 0.15) is 19.2 Å². The molecule has 0 bridgehead atoms. The van der Waals surface area contributed by atoms with Crippen LogP contribution in [0.3, 0.4) is 0 Å². The van der Waals surface area contributed by atoms with E-state index in [1.165, 1.54) is 6.08 Å². The Hall–Kier alpha value is -4.78. The second-order valence-electron chi connectivity index (χ2n) is 11.4. The summed E-state index contributed by atoms with van der Waals surface area (Å²) in [6, 6.07) is 22.0. The summed E-state index contributed by atoms with van der Waals surface area (Å²) >= 11 is 0. The predicted molar refractivity (Wildman–Crippen MR) is 184 cm³/mol. The molecule has 0 unspecified atom stereocenters. The van der Waals surface area contributed by atoms with Crippen LogP contribution < -0.4 is 65.6 Å². The van der Waals surface area contributed by atoms with Crippen LogP contribution in [0.4, 0.5) is 5.69 Å². The molecule has 3 aromatic heterocycles. The molecule has 51 heavy (non-hydrogen) atoms. The van der Waals surface area contributed by atoms with Gasteiger partial charge in [0.05, 0.1) is 18.7 Å². The van der Waals surface area contributed by atoms with E-state index >= 15 is 0 Å². The minimum atomic E-state index is -5.17. The topological polar surface area (TPSA) is 139 Å². The van der Waals surface area contributed by atoms with Crippen molar-refractivity contribution in [1.82, 2.24) is 0 Å². The van der Waals surface area contributed by atoms with Crippen LogP contribution in [0.5, 0.6) is 5.75 Å². The fourth-order valence-electron chi connectivity index (χ4n) is 6.15. The number of esters is 1. The van der Waals surface area contributed by atoms with E-state index in [0.717, 1.165) is 26.6 Å². The molecule has 1 aliphatic heterocycles. The molecule has 0 saturated carbocycles. The monoisotopic (exact) mass is 724 g/mol. The summed E-state index contributed by atoms with van der Waals surface area (Å²) in [6.07, 6.45) is 2.70. The Labute approximate surface area is 333 Å². The number of furan rings is 2. The predicted octanol–water partition coefficient (Wildman–Crippen LogP) is 4.57. The van der Waals surface area contributed by atoms with Gasteiger partial charge >= 0.3 is 57.4 Å². The first-order valence-electron chi connectivity index (χ1n) is 15.4. The van der Waals surface area contributed by atoms with Crippen LogP contribution in [0.25, 0.3) is 61.1 Å². The van der Waals surface area contributed by atoms with Gasteiger partial charge in [0.15, 0.2) is 16.3 Å². The van der Waals surface area contributed by atoms with Crippen molar-refractivity contribution in [3.05, 3.63) is 126 Å². The number of ether oxygens (including phenoxy) is 2. The van der Waals surface area contributed by atoms with Crippen molar-refractivity contribution in [3.8, 4) is 5.75 Å². The molecule has 11 nitrogen and oxygen atoms in total. The molecule has 0 spiro atoms. The Bertz CT molecular complexity index is 2850. The number of rotatable bonds is 7. The maximum atomic E-state index is 12.9. The summed E-state index contributed by atoms with van der Waals surface area (Å²) in [5, 5.41) is 2.46. The van der Waals surface area contributed by atoms with E-state index in [1.54, 1.807) is 35.8 Å². The van der Waals surface area contributed by atoms with Crippen LogP contribution in [-0.2, 0) is 19.6 Å². The number of benzene rings is 4. The van der Waals surface area contributed by atoms with Crippen LogP contribution in [0.15, 0.2) is 127 Å². The quantitative estimate of drug-likeness (QED) is 0.0574. The number of carbonyl (C=O) groups excluding carboxylic acids is 1. The van der Waals surface area contributed by atoms with Gasteiger partial charge in [0.1, 0.15) is 38.0 Å². The summed E-state index contributed by atoms with van der Waals surface area (Å²) in [5.41, 5.74) is 8.58. The molecule has 0 radical (unpaired) electrons. The molecule has 4 aromatic carbocycles. The number of para-hydroxylation sites is 2. The van der Waals surface area contributed by atoms with Gasteiger partial charge in [0.2, 0.25) is 5.88 Å². The zero-order chi connectivity index (χ0) is 34.7. The molecule has 1 aliphatic rings. The van der Waals surface area contributed by atoms with E-state index in [4.69, 9.17) is 22.7 Å². The number of nitrogens with zero attached hydrogens (tertiary/aromatic N) is 2. The Kier molecular flexibility index (Phi) is 9.11. The third-order valence-electron chi connectivity index (χ3n) is 8.27. The largest absolute Gasteiger partial charge is 1.00 e. The molecule has 4 heterocycles. The van der Waals surface area contributed by atoms with E-state index in [0.29, 0.717) is 33.2 Å². The molecule has 0 saturated heterocycles. The standard InChI is InChI=1S/C38H26N2O9S.K/c1-4-10-37(50(42,43)44)40-28-21-32-26(24-12-7-9-14-30(24)47-32)19-34(28)49-36(40)16-22(17-38(41)45-5-2)15-35-39(3)27-20-31-25(18-33(27)48-35)23-11-6-8-13-29(23)46-31;/h6-9,11-16,18-21H,1,3,5,17H2,2H3,(H,42,43,44);/q;+1/p-1. The number of hydrogen-bond acceptors (Lipinski definition) is 10. The molecule has 8 rings (SSSR count). The van der Waals surface area contributed by atoms with Gasteiger partial charge in [-0.2, -0.15) is 0 Å². The van der Waals surface area contributed by atoms with E-state index in [-0.39, 0.29) is 93.2 Å². The first-order valence-corrected chi connectivity index (χ1v) is 16.8. The zero-order valence-corrected chi connectivity index (χ0v) is 31.3. The van der Waals surface area contributed by atoms with Crippen molar-refractivity contribution in [3.63, 3.8) is 0 Å². The molecule has 13 heteroatoms. The molecule has 0 fully saturated rings. The fourth-order valence-corrected chi connectivity index (χ4v) is 6.76. The van der Waals surface area contributed by atoms with E-state index in [2.05, 4.69) is 25.1 Å². The number of fused-ring (bicyclic) bond motifs is 8. The van der Waals surface area contributed by atoms with Gasteiger partial charge in [-0.25, -0.2) is 8.42 Å². The van der Waals surface area contributed by atoms with Gasteiger partial charge in [-0.1, -0.05) is 42.1 Å². The van der Waals surface area contributed by atoms with Crippen LogP contribution in [0, 0.1) is 7.05 Å². The Morgan fingerprint density at radius 3 is 2.24 bits per heavy atom. The smallest absolute Gasteiger partial charge is 0.742 e. The van der Waals surface area contributed by atoms with Crippen molar-refractivity contribution >= 4 is 82.8 Å². The number of carbonyl (C=O) groups is 1. The summed E-state index contributed by atoms with van der Waals surface area (Å²) in [4.78, 5) is 13.9. The van der Waals surface area contributed by atoms with Crippen molar-refractivity contribution in [1.29, 1.82) is 0 Å². The van der Waals surface area contributed by atoms with Gasteiger partial charge in [-0.05, 0) is 55.1 Å². The van der Waals surface area contributed by atoms with E-state index in [9.17, 15) is 17.8 Å². The number of anilines is 1. The summed E-state index contributed by atoms with van der Waals surface area (Å²) in [5.74, 6) is -0.225. The first-order chi connectivity index (χ1) is 24.1. The molecule has 0 atom stereocenters. The average molecular weight is 725 g/mol. The number of hydrogen-bond donors (Lipinski definition) is 0. The molecule has 248 valence electrons. The molecule has 0 amide bonds. The van der Waals surface area contributed by atoms with Crippen LogP contribution >= 0.6 is 0 Å². The normalized spacial score (nSPS) is 13.8. The molecule has 7 aromatic rings. The number of oxazole rings is 1. The van der Waals surface area contributed by atoms with Gasteiger partial charge in [-0.3, -0.25) is 14.3 Å². The molecular formula is C38H25KN2O9S. The van der Waals surface area contributed by atoms with Crippen molar-refractivity contribution in [2.24, 2.45) is 0 Å². The third-order valence-corrected chi connectivity index (χ3v) is 9.03. The van der Waals surface area contributed by atoms with Gasteiger partial charge in [0.25, 0.3) is 5.89 Å². The number of aromatic nitrogens is 1. The maximum absolute atomic E-state index is 12.9. The summed E-state index contributed by atoms with van der Waals surface area (Å²) in [7, 11) is -1.02. The van der Waals surface area contributed by atoms with Crippen LogP contribution in [-0.4, -0.2) is 25.5 Å². The van der Waals surface area contributed by atoms with Crippen molar-refractivity contribution < 1.29 is 96.4 Å². The van der Waals surface area contributed by atoms with E-state index < -0.39 is 21.1 Å². The molecular weight excluding hydrogens is 700 g/mol. The third kappa shape index (κ3) is 6.15. The van der Waals surface area contributed by atoms with Crippen molar-refractivity contribution in [2.75, 3.05) is 11.5 Å². The number of allylic oxidation sites excluding steroid dienone is 1. The minimum absolute atomic E-state index is 0. The van der Waals surface area contributed by atoms with Gasteiger partial charge in [-0.15, -0.1) is 0 Å². The average Bonchev–Trinajstić information content (AvgIpc) is 3.81. The maximum Gasteiger partial charge on any atom is 1.00 e. The fraction of sp³-hybridized carbons (Fsp3) is 0.0789. The van der Waals surface area contributed by atoms with Gasteiger partial charge in [0, 0.05) is 46.8 Å².